The molecule has 0 atom stereocenters. The van der Waals surface area contributed by atoms with Crippen molar-refractivity contribution in [1.29, 1.82) is 0 Å². The fourth-order valence-electron chi connectivity index (χ4n) is 2.11. The third kappa shape index (κ3) is 2.14. The van der Waals surface area contributed by atoms with Gasteiger partial charge in [-0.15, -0.1) is 0 Å². The summed E-state index contributed by atoms with van der Waals surface area (Å²) in [6.07, 6.45) is 0. The summed E-state index contributed by atoms with van der Waals surface area (Å²) >= 11 is 0. The molecule has 94 valence electrons. The second kappa shape index (κ2) is 4.64. The lowest BCUT2D eigenvalue weighted by molar-refractivity contribution is 0.0695. The number of hydrogen-bond donors (Lipinski definition) is 1. The van der Waals surface area contributed by atoms with Crippen molar-refractivity contribution in [1.82, 2.24) is 9.78 Å². The van der Waals surface area contributed by atoms with Gasteiger partial charge in [-0.05, 0) is 31.9 Å². The highest BCUT2D eigenvalue weighted by Crippen LogP contribution is 2.16. The first-order valence-electron chi connectivity index (χ1n) is 5.82. The zero-order chi connectivity index (χ0) is 13.3. The molecule has 0 saturated heterocycles. The number of carboxylic acids is 1. The minimum absolute atomic E-state index is 0.309. The molecule has 2 aromatic rings. The van der Waals surface area contributed by atoms with E-state index in [2.05, 4.69) is 5.10 Å². The van der Waals surface area contributed by atoms with Crippen molar-refractivity contribution in [2.45, 2.75) is 27.3 Å². The molecule has 0 fully saturated rings. The first-order valence-corrected chi connectivity index (χ1v) is 5.82. The van der Waals surface area contributed by atoms with Crippen molar-refractivity contribution in [3.05, 3.63) is 52.3 Å². The maximum Gasteiger partial charge on any atom is 0.339 e. The molecule has 1 aromatic carbocycles. The monoisotopic (exact) mass is 244 g/mol. The molecule has 4 nitrogen and oxygen atoms in total. The third-order valence-electron chi connectivity index (χ3n) is 3.18. The van der Waals surface area contributed by atoms with Crippen molar-refractivity contribution in [3.63, 3.8) is 0 Å². The summed E-state index contributed by atoms with van der Waals surface area (Å²) in [5.41, 5.74) is 3.90. The van der Waals surface area contributed by atoms with Gasteiger partial charge in [-0.2, -0.15) is 5.10 Å². The van der Waals surface area contributed by atoms with Crippen LogP contribution in [0.5, 0.6) is 0 Å². The summed E-state index contributed by atoms with van der Waals surface area (Å²) in [6, 6.07) is 8.04. The van der Waals surface area contributed by atoms with Gasteiger partial charge in [-0.3, -0.25) is 4.68 Å². The smallest absolute Gasteiger partial charge is 0.339 e. The van der Waals surface area contributed by atoms with Gasteiger partial charge in [0.05, 0.1) is 17.9 Å². The summed E-state index contributed by atoms with van der Waals surface area (Å²) in [4.78, 5) is 11.1. The zero-order valence-electron chi connectivity index (χ0n) is 10.8. The molecule has 0 unspecified atom stereocenters. The Bertz CT molecular complexity index is 600. The Morgan fingerprint density at radius 1 is 1.28 bits per heavy atom. The maximum absolute atomic E-state index is 11.1. The number of aromatic nitrogens is 2. The predicted octanol–water partition coefficient (Wildman–Crippen LogP) is 2.55. The van der Waals surface area contributed by atoms with E-state index in [4.69, 9.17) is 5.11 Å². The number of hydrogen-bond acceptors (Lipinski definition) is 2. The van der Waals surface area contributed by atoms with E-state index >= 15 is 0 Å². The van der Waals surface area contributed by atoms with Crippen LogP contribution in [-0.2, 0) is 6.54 Å². The zero-order valence-corrected chi connectivity index (χ0v) is 10.8. The van der Waals surface area contributed by atoms with E-state index in [0.29, 0.717) is 23.5 Å². The van der Waals surface area contributed by atoms with Crippen LogP contribution in [0.2, 0.25) is 0 Å². The van der Waals surface area contributed by atoms with Gasteiger partial charge in [-0.25, -0.2) is 4.79 Å². The Labute approximate surface area is 106 Å². The topological polar surface area (TPSA) is 55.1 Å². The summed E-state index contributed by atoms with van der Waals surface area (Å²) in [7, 11) is 0. The van der Waals surface area contributed by atoms with Crippen LogP contribution in [0.15, 0.2) is 24.3 Å². The minimum atomic E-state index is -0.916. The van der Waals surface area contributed by atoms with Crippen LogP contribution in [0.1, 0.15) is 32.9 Å². The first kappa shape index (κ1) is 12.4. The van der Waals surface area contributed by atoms with Gasteiger partial charge in [0, 0.05) is 0 Å². The Kier molecular flexibility index (Phi) is 3.19. The van der Waals surface area contributed by atoms with Crippen LogP contribution < -0.4 is 0 Å². The quantitative estimate of drug-likeness (QED) is 0.902. The highest BCUT2D eigenvalue weighted by molar-refractivity contribution is 5.90. The van der Waals surface area contributed by atoms with E-state index in [1.54, 1.807) is 18.5 Å². The van der Waals surface area contributed by atoms with Gasteiger partial charge in [0.1, 0.15) is 5.56 Å². The molecular weight excluding hydrogens is 228 g/mol. The van der Waals surface area contributed by atoms with Crippen molar-refractivity contribution in [2.24, 2.45) is 0 Å². The van der Waals surface area contributed by atoms with Gasteiger partial charge in [0.25, 0.3) is 0 Å². The van der Waals surface area contributed by atoms with Crippen LogP contribution in [0.3, 0.4) is 0 Å². The summed E-state index contributed by atoms with van der Waals surface area (Å²) in [5, 5.41) is 13.4. The molecule has 1 aromatic heterocycles. The van der Waals surface area contributed by atoms with E-state index in [0.717, 1.165) is 5.56 Å². The number of aryl methyl sites for hydroxylation is 2. The average molecular weight is 244 g/mol. The molecule has 0 radical (unpaired) electrons. The van der Waals surface area contributed by atoms with Gasteiger partial charge >= 0.3 is 5.97 Å². The van der Waals surface area contributed by atoms with Crippen molar-refractivity contribution >= 4 is 5.97 Å². The summed E-state index contributed by atoms with van der Waals surface area (Å²) in [6.45, 7) is 6.16. The molecule has 1 heterocycles. The van der Waals surface area contributed by atoms with Gasteiger partial charge < -0.3 is 5.11 Å². The molecular formula is C14H16N2O2. The normalized spacial score (nSPS) is 10.6. The van der Waals surface area contributed by atoms with Crippen LogP contribution in [0.25, 0.3) is 0 Å². The lowest BCUT2D eigenvalue weighted by atomic mass is 10.1. The first-order chi connectivity index (χ1) is 8.50. The minimum Gasteiger partial charge on any atom is -0.478 e. The highest BCUT2D eigenvalue weighted by atomic mass is 16.4. The Hall–Kier alpha value is -2.10. The molecule has 0 aliphatic heterocycles. The molecule has 0 aliphatic carbocycles. The van der Waals surface area contributed by atoms with Crippen LogP contribution >= 0.6 is 0 Å². The lowest BCUT2D eigenvalue weighted by Gasteiger charge is -2.07. The lowest BCUT2D eigenvalue weighted by Crippen LogP contribution is -2.06. The second-order valence-corrected chi connectivity index (χ2v) is 4.44. The van der Waals surface area contributed by atoms with Crippen molar-refractivity contribution in [2.75, 3.05) is 0 Å². The maximum atomic E-state index is 11.1. The molecule has 0 amide bonds. The summed E-state index contributed by atoms with van der Waals surface area (Å²) < 4.78 is 1.75. The van der Waals surface area contributed by atoms with E-state index in [1.165, 1.54) is 5.56 Å². The molecule has 0 saturated carbocycles. The predicted molar refractivity (Wildman–Crippen MR) is 68.9 cm³/mol. The Morgan fingerprint density at radius 3 is 2.50 bits per heavy atom. The van der Waals surface area contributed by atoms with Crippen LogP contribution in [0, 0.1) is 20.8 Å². The number of rotatable bonds is 3. The standard InChI is InChI=1S/C14H16N2O2/c1-9-6-4-5-7-12(9)8-16-11(3)13(14(17)18)10(2)15-16/h4-7H,8H2,1-3H3,(H,17,18). The van der Waals surface area contributed by atoms with E-state index < -0.39 is 5.97 Å². The molecule has 1 N–H and O–H groups in total. The van der Waals surface area contributed by atoms with E-state index in [1.807, 2.05) is 31.2 Å². The fourth-order valence-corrected chi connectivity index (χ4v) is 2.11. The van der Waals surface area contributed by atoms with Crippen molar-refractivity contribution in [3.8, 4) is 0 Å². The number of carbonyl (C=O) groups is 1. The number of nitrogens with zero attached hydrogens (tertiary/aromatic N) is 2. The number of carboxylic acid groups (broad SMARTS) is 1. The molecule has 18 heavy (non-hydrogen) atoms. The molecule has 4 heteroatoms. The number of benzene rings is 1. The Morgan fingerprint density at radius 2 is 1.94 bits per heavy atom. The van der Waals surface area contributed by atoms with Gasteiger partial charge in [0.2, 0.25) is 0 Å². The SMILES string of the molecule is Cc1ccccc1Cn1nc(C)c(C(=O)O)c1C. The third-order valence-corrected chi connectivity index (χ3v) is 3.18. The summed E-state index contributed by atoms with van der Waals surface area (Å²) in [5.74, 6) is -0.916. The van der Waals surface area contributed by atoms with Crippen LogP contribution in [-0.4, -0.2) is 20.9 Å². The van der Waals surface area contributed by atoms with Gasteiger partial charge in [0.15, 0.2) is 0 Å². The highest BCUT2D eigenvalue weighted by Gasteiger charge is 2.17. The Balaban J connectivity index is 2.39. The van der Waals surface area contributed by atoms with Crippen LogP contribution in [0.4, 0.5) is 0 Å². The van der Waals surface area contributed by atoms with E-state index in [-0.39, 0.29) is 0 Å². The molecule has 2 rings (SSSR count). The van der Waals surface area contributed by atoms with Gasteiger partial charge in [-0.1, -0.05) is 24.3 Å². The van der Waals surface area contributed by atoms with Crippen molar-refractivity contribution < 1.29 is 9.90 Å². The molecule has 0 spiro atoms. The number of aromatic carboxylic acids is 1. The van der Waals surface area contributed by atoms with E-state index in [9.17, 15) is 4.79 Å². The molecule has 0 bridgehead atoms. The largest absolute Gasteiger partial charge is 0.478 e. The molecule has 0 aliphatic rings. The average Bonchev–Trinajstić information content (AvgIpc) is 2.57. The fraction of sp³-hybridized carbons (Fsp3) is 0.286. The second-order valence-electron chi connectivity index (χ2n) is 4.44.